The Morgan fingerprint density at radius 2 is 1.92 bits per heavy atom. The molecule has 122 valence electrons. The number of nitrogens with zero attached hydrogens (tertiary/aromatic N) is 3. The molecule has 0 spiro atoms. The first-order valence-electron chi connectivity index (χ1n) is 7.07. The third-order valence-electron chi connectivity index (χ3n) is 4.77. The number of fused-ring (bicyclic) bond motifs is 1. The molecule has 1 aliphatic heterocycles. The van der Waals surface area contributed by atoms with Gasteiger partial charge < -0.3 is 10.1 Å². The maximum atomic E-state index is 12.7. The van der Waals surface area contributed by atoms with Gasteiger partial charge in [0, 0.05) is 10.9 Å². The van der Waals surface area contributed by atoms with Gasteiger partial charge in [-0.15, -0.1) is 0 Å². The zero-order valence-electron chi connectivity index (χ0n) is 12.8. The summed E-state index contributed by atoms with van der Waals surface area (Å²) in [7, 11) is 1.10. The summed E-state index contributed by atoms with van der Waals surface area (Å²) in [6.07, 6.45) is 0. The fourth-order valence-electron chi connectivity index (χ4n) is 3.75. The molecule has 25 heavy (non-hydrogen) atoms. The van der Waals surface area contributed by atoms with Gasteiger partial charge >= 0.3 is 5.97 Å². The number of piperidine rings is 1. The number of halogens is 1. The van der Waals surface area contributed by atoms with E-state index >= 15 is 0 Å². The number of methoxy groups -OCH3 is 1. The fourth-order valence-corrected chi connectivity index (χ4v) is 4.00. The van der Waals surface area contributed by atoms with Crippen molar-refractivity contribution in [1.29, 1.82) is 15.8 Å². The highest BCUT2D eigenvalue weighted by atomic mass is 35.5. The van der Waals surface area contributed by atoms with Crippen molar-refractivity contribution in [2.45, 2.75) is 5.92 Å². The number of esters is 1. The zero-order valence-corrected chi connectivity index (χ0v) is 13.6. The minimum Gasteiger partial charge on any atom is -0.468 e. The average Bonchev–Trinajstić information content (AvgIpc) is 3.17. The Kier molecular flexibility index (Phi) is 3.53. The second-order valence-corrected chi connectivity index (χ2v) is 6.01. The first-order chi connectivity index (χ1) is 12.0. The fraction of sp³-hybridized carbons (Fsp3) is 0.235. The van der Waals surface area contributed by atoms with Crippen molar-refractivity contribution in [3.63, 3.8) is 0 Å². The molecule has 3 unspecified atom stereocenters. The number of hydrogen-bond donors (Lipinski definition) is 1. The molecule has 1 aromatic rings. The van der Waals surface area contributed by atoms with Gasteiger partial charge in [0.25, 0.3) is 0 Å². The molecule has 0 radical (unpaired) electrons. The van der Waals surface area contributed by atoms with Crippen LogP contribution in [0.2, 0.25) is 5.02 Å². The first-order valence-corrected chi connectivity index (χ1v) is 7.45. The number of benzene rings is 1. The highest BCUT2D eigenvalue weighted by Crippen LogP contribution is 2.80. The van der Waals surface area contributed by atoms with E-state index in [-0.39, 0.29) is 10.7 Å². The van der Waals surface area contributed by atoms with E-state index in [2.05, 4.69) is 5.32 Å². The normalized spacial score (nSPS) is 28.7. The number of nitriles is 3. The molecule has 2 fully saturated rings. The Labute approximate surface area is 147 Å². The minimum atomic E-state index is -1.88. The smallest absolute Gasteiger partial charge is 0.324 e. The van der Waals surface area contributed by atoms with Crippen LogP contribution >= 0.6 is 11.6 Å². The zero-order chi connectivity index (χ0) is 18.4. The number of allylic oxidation sites excluding steroid dienone is 2. The lowest BCUT2D eigenvalue weighted by Gasteiger charge is -2.14. The molecule has 1 aromatic carbocycles. The van der Waals surface area contributed by atoms with Crippen LogP contribution in [0.25, 0.3) is 0 Å². The van der Waals surface area contributed by atoms with Crippen LogP contribution in [-0.4, -0.2) is 19.0 Å². The highest BCUT2D eigenvalue weighted by Gasteiger charge is 2.92. The molecule has 3 rings (SSSR count). The van der Waals surface area contributed by atoms with E-state index in [1.54, 1.807) is 36.4 Å². The van der Waals surface area contributed by atoms with E-state index in [4.69, 9.17) is 16.3 Å². The van der Waals surface area contributed by atoms with Crippen LogP contribution in [0.5, 0.6) is 0 Å². The Balaban J connectivity index is 2.37. The molecule has 1 heterocycles. The Morgan fingerprint density at radius 1 is 1.28 bits per heavy atom. The van der Waals surface area contributed by atoms with Crippen molar-refractivity contribution in [2.75, 3.05) is 7.11 Å². The van der Waals surface area contributed by atoms with Crippen LogP contribution < -0.4 is 5.32 Å². The van der Waals surface area contributed by atoms with E-state index in [0.29, 0.717) is 5.56 Å². The lowest BCUT2D eigenvalue weighted by atomic mass is 9.92. The Bertz CT molecular complexity index is 965. The van der Waals surface area contributed by atoms with E-state index in [0.717, 1.165) is 7.11 Å². The average molecular weight is 353 g/mol. The first kappa shape index (κ1) is 16.5. The number of carbonyl (C=O) groups is 2. The molecule has 7 nitrogen and oxygen atoms in total. The summed E-state index contributed by atoms with van der Waals surface area (Å²) in [5.74, 6) is -2.66. The molecule has 1 N–H and O–H groups in total. The van der Waals surface area contributed by atoms with Crippen LogP contribution in [-0.2, 0) is 14.3 Å². The number of hydrogen-bond acceptors (Lipinski definition) is 6. The van der Waals surface area contributed by atoms with E-state index in [1.165, 1.54) is 0 Å². The van der Waals surface area contributed by atoms with Gasteiger partial charge in [0.1, 0.15) is 17.6 Å². The van der Waals surface area contributed by atoms with Crippen LogP contribution in [0.4, 0.5) is 0 Å². The molecule has 1 amide bonds. The summed E-state index contributed by atoms with van der Waals surface area (Å²) in [4.78, 5) is 25.2. The summed E-state index contributed by atoms with van der Waals surface area (Å²) < 4.78 is 4.78. The lowest BCUT2D eigenvalue weighted by Crippen LogP contribution is -2.34. The minimum absolute atomic E-state index is 0.180. The van der Waals surface area contributed by atoms with Gasteiger partial charge in [-0.3, -0.25) is 9.59 Å². The monoisotopic (exact) mass is 352 g/mol. The standard InChI is InChI=1S/C17H9ClN4O3/c1-25-15(24)17-12(10-4-2-3-5-11(10)18)16(17,8-21)13(22-14(17)23)9(6-19)7-20/h2-5,12H,1H3,(H,22,23). The number of carbonyl (C=O) groups excluding carboxylic acids is 2. The molecular weight excluding hydrogens is 344 g/mol. The lowest BCUT2D eigenvalue weighted by molar-refractivity contribution is -0.152. The van der Waals surface area contributed by atoms with Gasteiger partial charge in [0.15, 0.2) is 11.0 Å². The van der Waals surface area contributed by atoms with E-state index < -0.39 is 34.2 Å². The van der Waals surface area contributed by atoms with Crippen molar-refractivity contribution in [1.82, 2.24) is 5.32 Å². The maximum absolute atomic E-state index is 12.7. The third kappa shape index (κ3) is 1.67. The molecule has 1 aliphatic carbocycles. The molecule has 2 aliphatic rings. The van der Waals surface area contributed by atoms with Crippen molar-refractivity contribution >= 4 is 23.5 Å². The van der Waals surface area contributed by atoms with Gasteiger partial charge in [-0.2, -0.15) is 15.8 Å². The largest absolute Gasteiger partial charge is 0.468 e. The van der Waals surface area contributed by atoms with Gasteiger partial charge in [0.2, 0.25) is 5.91 Å². The number of nitrogens with one attached hydrogen (secondary N) is 1. The van der Waals surface area contributed by atoms with Crippen molar-refractivity contribution in [3.8, 4) is 18.2 Å². The highest BCUT2D eigenvalue weighted by molar-refractivity contribution is 6.31. The summed E-state index contributed by atoms with van der Waals surface area (Å²) >= 11 is 6.20. The van der Waals surface area contributed by atoms with Gasteiger partial charge in [0.05, 0.1) is 18.9 Å². The second-order valence-electron chi connectivity index (χ2n) is 5.60. The van der Waals surface area contributed by atoms with Crippen LogP contribution in [0.3, 0.4) is 0 Å². The Morgan fingerprint density at radius 3 is 2.44 bits per heavy atom. The van der Waals surface area contributed by atoms with Crippen molar-refractivity contribution < 1.29 is 14.3 Å². The van der Waals surface area contributed by atoms with E-state index in [1.807, 2.05) is 6.07 Å². The number of amides is 1. The van der Waals surface area contributed by atoms with Crippen LogP contribution in [0.1, 0.15) is 11.5 Å². The molecule has 0 bridgehead atoms. The quantitative estimate of drug-likeness (QED) is 0.488. The summed E-state index contributed by atoms with van der Waals surface area (Å²) in [5, 5.41) is 30.9. The predicted octanol–water partition coefficient (Wildman–Crippen LogP) is 1.54. The van der Waals surface area contributed by atoms with Crippen LogP contribution in [0, 0.1) is 44.8 Å². The third-order valence-corrected chi connectivity index (χ3v) is 5.11. The molecule has 0 aromatic heterocycles. The maximum Gasteiger partial charge on any atom is 0.324 e. The van der Waals surface area contributed by atoms with Crippen molar-refractivity contribution in [2.24, 2.45) is 10.8 Å². The SMILES string of the molecule is COC(=O)C12C(=O)NC(=C(C#N)C#N)C1(C#N)C2c1ccccc1Cl. The topological polar surface area (TPSA) is 127 Å². The van der Waals surface area contributed by atoms with Gasteiger partial charge in [-0.25, -0.2) is 0 Å². The Hall–Kier alpha value is -3.34. The van der Waals surface area contributed by atoms with E-state index in [9.17, 15) is 25.4 Å². The van der Waals surface area contributed by atoms with Gasteiger partial charge in [-0.1, -0.05) is 29.8 Å². The molecule has 3 atom stereocenters. The molecule has 1 saturated carbocycles. The number of rotatable bonds is 2. The van der Waals surface area contributed by atoms with Gasteiger partial charge in [-0.05, 0) is 11.6 Å². The number of ether oxygens (including phenoxy) is 1. The van der Waals surface area contributed by atoms with Crippen molar-refractivity contribution in [3.05, 3.63) is 46.1 Å². The van der Waals surface area contributed by atoms with Crippen LogP contribution in [0.15, 0.2) is 35.5 Å². The summed E-state index contributed by atoms with van der Waals surface area (Å²) in [6.45, 7) is 0. The predicted molar refractivity (Wildman–Crippen MR) is 83.1 cm³/mol. The molecular formula is C17H9ClN4O3. The summed E-state index contributed by atoms with van der Waals surface area (Å²) in [6, 6.07) is 11.8. The summed E-state index contributed by atoms with van der Waals surface area (Å²) in [5.41, 5.74) is -3.83. The second kappa shape index (κ2) is 5.34. The molecule has 8 heteroatoms. The molecule has 1 saturated heterocycles.